The molecule has 1 heterocycles. The number of nitrogen functional groups attached to an aromatic ring is 1. The van der Waals surface area contributed by atoms with Crippen molar-refractivity contribution in [3.05, 3.63) is 23.4 Å². The molecule has 4 heteroatoms. The monoisotopic (exact) mass is 249 g/mol. The fourth-order valence-electron chi connectivity index (χ4n) is 2.75. The molecule has 1 fully saturated rings. The lowest BCUT2D eigenvalue weighted by Gasteiger charge is -2.47. The first kappa shape index (κ1) is 13.3. The van der Waals surface area contributed by atoms with E-state index in [-0.39, 0.29) is 11.6 Å². The van der Waals surface area contributed by atoms with Crippen molar-refractivity contribution in [1.29, 1.82) is 0 Å². The van der Waals surface area contributed by atoms with Crippen molar-refractivity contribution in [3.8, 4) is 0 Å². The number of pyridine rings is 1. The van der Waals surface area contributed by atoms with E-state index in [0.29, 0.717) is 5.82 Å². The van der Waals surface area contributed by atoms with Crippen molar-refractivity contribution in [2.24, 2.45) is 0 Å². The van der Waals surface area contributed by atoms with Crippen LogP contribution in [-0.2, 0) is 4.74 Å². The second-order valence-electron chi connectivity index (χ2n) is 5.10. The molecule has 1 atom stereocenters. The number of nitrogens with one attached hydrogen (secondary N) is 1. The topological polar surface area (TPSA) is 60.2 Å². The first-order valence-corrected chi connectivity index (χ1v) is 6.63. The minimum absolute atomic E-state index is 0.112. The molecule has 2 rings (SSSR count). The first-order chi connectivity index (χ1) is 8.63. The molecule has 100 valence electrons. The Hall–Kier alpha value is -1.13. The highest BCUT2D eigenvalue weighted by molar-refractivity contribution is 5.44. The van der Waals surface area contributed by atoms with Gasteiger partial charge in [-0.05, 0) is 44.4 Å². The molecule has 1 aliphatic rings. The molecule has 0 aliphatic heterocycles. The van der Waals surface area contributed by atoms with Crippen LogP contribution in [0.1, 0.15) is 43.4 Å². The summed E-state index contributed by atoms with van der Waals surface area (Å²) in [6, 6.07) is 2.25. The van der Waals surface area contributed by atoms with Gasteiger partial charge >= 0.3 is 0 Å². The molecule has 0 spiro atoms. The predicted octanol–water partition coefficient (Wildman–Crippen LogP) is 2.19. The van der Waals surface area contributed by atoms with Gasteiger partial charge < -0.3 is 15.8 Å². The van der Waals surface area contributed by atoms with Gasteiger partial charge in [0.25, 0.3) is 0 Å². The highest BCUT2D eigenvalue weighted by atomic mass is 16.5. The maximum absolute atomic E-state index is 6.04. The van der Waals surface area contributed by atoms with Crippen molar-refractivity contribution >= 4 is 5.82 Å². The lowest BCUT2D eigenvalue weighted by atomic mass is 9.72. The van der Waals surface area contributed by atoms with Crippen LogP contribution in [-0.4, -0.2) is 24.2 Å². The summed E-state index contributed by atoms with van der Waals surface area (Å²) in [7, 11) is 1.79. The van der Waals surface area contributed by atoms with Gasteiger partial charge in [-0.25, -0.2) is 4.98 Å². The Morgan fingerprint density at radius 3 is 2.78 bits per heavy atom. The van der Waals surface area contributed by atoms with Crippen molar-refractivity contribution in [2.75, 3.05) is 19.4 Å². The van der Waals surface area contributed by atoms with Gasteiger partial charge in [0, 0.05) is 18.9 Å². The smallest absolute Gasteiger partial charge is 0.128 e. The van der Waals surface area contributed by atoms with E-state index in [2.05, 4.69) is 23.3 Å². The summed E-state index contributed by atoms with van der Waals surface area (Å²) in [4.78, 5) is 4.27. The maximum atomic E-state index is 6.04. The Bertz CT molecular complexity index is 410. The molecule has 4 nitrogen and oxygen atoms in total. The molecule has 0 aromatic carbocycles. The number of likely N-dealkylation sites (N-methyl/N-ethyl adjacent to an activating group) is 1. The molecular formula is C14H23N3O. The summed E-state index contributed by atoms with van der Waals surface area (Å²) in [5.41, 5.74) is 8.13. The van der Waals surface area contributed by atoms with Crippen LogP contribution in [0.15, 0.2) is 12.3 Å². The minimum Gasteiger partial charge on any atom is -0.383 e. The third-order valence-corrected chi connectivity index (χ3v) is 3.94. The van der Waals surface area contributed by atoms with Gasteiger partial charge in [-0.15, -0.1) is 0 Å². The lowest BCUT2D eigenvalue weighted by molar-refractivity contribution is -0.0994. The van der Waals surface area contributed by atoms with Crippen LogP contribution < -0.4 is 11.1 Å². The maximum Gasteiger partial charge on any atom is 0.128 e. The Kier molecular flexibility index (Phi) is 3.88. The molecule has 1 aromatic rings. The van der Waals surface area contributed by atoms with Crippen LogP contribution >= 0.6 is 0 Å². The molecular weight excluding hydrogens is 226 g/mol. The van der Waals surface area contributed by atoms with Gasteiger partial charge in [0.2, 0.25) is 0 Å². The Morgan fingerprint density at radius 1 is 1.56 bits per heavy atom. The molecule has 0 radical (unpaired) electrons. The number of rotatable bonds is 5. The van der Waals surface area contributed by atoms with E-state index in [0.717, 1.165) is 30.5 Å². The Balaban J connectivity index is 2.37. The average Bonchev–Trinajstić information content (AvgIpc) is 2.31. The summed E-state index contributed by atoms with van der Waals surface area (Å²) in [6.07, 6.45) is 5.18. The van der Waals surface area contributed by atoms with Crippen LogP contribution in [0.3, 0.4) is 0 Å². The van der Waals surface area contributed by atoms with Gasteiger partial charge in [0.1, 0.15) is 5.82 Å². The Labute approximate surface area is 109 Å². The SMILES string of the molecule is CCNC(c1cc(C)cnc1N)C1(OC)CCC1. The minimum atomic E-state index is -0.112. The standard InChI is InChI=1S/C14H23N3O/c1-4-16-12(14(18-3)6-5-7-14)11-8-10(2)9-17-13(11)15/h8-9,12,16H,4-7H2,1-3H3,(H2,15,17). The van der Waals surface area contributed by atoms with Crippen LogP contribution in [0.4, 0.5) is 5.82 Å². The molecule has 1 aliphatic carbocycles. The fraction of sp³-hybridized carbons (Fsp3) is 0.643. The summed E-state index contributed by atoms with van der Waals surface area (Å²) < 4.78 is 5.79. The normalized spacial score (nSPS) is 19.3. The van der Waals surface area contributed by atoms with E-state index >= 15 is 0 Å². The number of hydrogen-bond acceptors (Lipinski definition) is 4. The van der Waals surface area contributed by atoms with Gasteiger partial charge in [-0.2, -0.15) is 0 Å². The number of nitrogens with zero attached hydrogens (tertiary/aromatic N) is 1. The van der Waals surface area contributed by atoms with Crippen LogP contribution in [0.2, 0.25) is 0 Å². The zero-order chi connectivity index (χ0) is 13.2. The first-order valence-electron chi connectivity index (χ1n) is 6.63. The third kappa shape index (κ3) is 2.22. The number of hydrogen-bond donors (Lipinski definition) is 2. The number of ether oxygens (including phenoxy) is 1. The van der Waals surface area contributed by atoms with E-state index in [1.807, 2.05) is 13.1 Å². The molecule has 3 N–H and O–H groups in total. The predicted molar refractivity (Wildman–Crippen MR) is 73.4 cm³/mol. The second kappa shape index (κ2) is 5.24. The third-order valence-electron chi connectivity index (χ3n) is 3.94. The van der Waals surface area contributed by atoms with Crippen molar-refractivity contribution in [1.82, 2.24) is 10.3 Å². The molecule has 0 bridgehead atoms. The lowest BCUT2D eigenvalue weighted by Crippen LogP contribution is -2.50. The number of methoxy groups -OCH3 is 1. The van der Waals surface area contributed by atoms with Gasteiger partial charge in [-0.1, -0.05) is 6.92 Å². The van der Waals surface area contributed by atoms with E-state index < -0.39 is 0 Å². The van der Waals surface area contributed by atoms with Crippen molar-refractivity contribution in [2.45, 2.75) is 44.8 Å². The fourth-order valence-corrected chi connectivity index (χ4v) is 2.75. The Morgan fingerprint density at radius 2 is 2.28 bits per heavy atom. The molecule has 18 heavy (non-hydrogen) atoms. The van der Waals surface area contributed by atoms with E-state index in [4.69, 9.17) is 10.5 Å². The van der Waals surface area contributed by atoms with E-state index in [1.165, 1.54) is 6.42 Å². The van der Waals surface area contributed by atoms with Crippen molar-refractivity contribution in [3.63, 3.8) is 0 Å². The highest BCUT2D eigenvalue weighted by Crippen LogP contribution is 2.45. The molecule has 1 unspecified atom stereocenters. The van der Waals surface area contributed by atoms with E-state index in [1.54, 1.807) is 7.11 Å². The number of aromatic nitrogens is 1. The number of nitrogens with two attached hydrogens (primary N) is 1. The number of aryl methyl sites for hydroxylation is 1. The molecule has 0 amide bonds. The van der Waals surface area contributed by atoms with Crippen molar-refractivity contribution < 1.29 is 4.74 Å². The zero-order valence-electron chi connectivity index (χ0n) is 11.5. The largest absolute Gasteiger partial charge is 0.383 e. The zero-order valence-corrected chi connectivity index (χ0v) is 11.5. The molecule has 1 saturated carbocycles. The summed E-state index contributed by atoms with van der Waals surface area (Å²) in [6.45, 7) is 5.04. The quantitative estimate of drug-likeness (QED) is 0.840. The summed E-state index contributed by atoms with van der Waals surface area (Å²) in [5.74, 6) is 0.606. The summed E-state index contributed by atoms with van der Waals surface area (Å²) in [5, 5.41) is 3.52. The average molecular weight is 249 g/mol. The summed E-state index contributed by atoms with van der Waals surface area (Å²) >= 11 is 0. The van der Waals surface area contributed by atoms with Gasteiger partial charge in [0.15, 0.2) is 0 Å². The molecule has 0 saturated heterocycles. The molecule has 1 aromatic heterocycles. The van der Waals surface area contributed by atoms with Crippen LogP contribution in [0, 0.1) is 6.92 Å². The van der Waals surface area contributed by atoms with Crippen LogP contribution in [0.5, 0.6) is 0 Å². The van der Waals surface area contributed by atoms with E-state index in [9.17, 15) is 0 Å². The second-order valence-corrected chi connectivity index (χ2v) is 5.10. The van der Waals surface area contributed by atoms with Gasteiger partial charge in [0.05, 0.1) is 11.6 Å². The number of anilines is 1. The highest BCUT2D eigenvalue weighted by Gasteiger charge is 2.45. The van der Waals surface area contributed by atoms with Crippen LogP contribution in [0.25, 0.3) is 0 Å². The van der Waals surface area contributed by atoms with Gasteiger partial charge in [-0.3, -0.25) is 0 Å².